The SMILES string of the molecule is Clc1ccccc1-c1nc(N2CCNCC2)nc2ccccc12. The van der Waals surface area contributed by atoms with Crippen LogP contribution in [0.5, 0.6) is 0 Å². The summed E-state index contributed by atoms with van der Waals surface area (Å²) in [6.45, 7) is 3.75. The highest BCUT2D eigenvalue weighted by atomic mass is 35.5. The Bertz CT molecular complexity index is 843. The fourth-order valence-corrected chi connectivity index (χ4v) is 3.15. The molecule has 4 nitrogen and oxygen atoms in total. The number of fused-ring (bicyclic) bond motifs is 1. The molecule has 2 heterocycles. The minimum Gasteiger partial charge on any atom is -0.338 e. The molecule has 2 aromatic carbocycles. The lowest BCUT2D eigenvalue weighted by molar-refractivity contribution is 0.581. The molecule has 1 N–H and O–H groups in total. The average molecular weight is 325 g/mol. The standard InChI is InChI=1S/C18H17ClN4/c19-15-7-3-1-5-13(15)17-14-6-2-4-8-16(14)21-18(22-17)23-11-9-20-10-12-23/h1-8,20H,9-12H2. The van der Waals surface area contributed by atoms with Crippen molar-refractivity contribution in [3.05, 3.63) is 53.6 Å². The number of benzene rings is 2. The number of hydrogen-bond donors (Lipinski definition) is 1. The third-order valence-electron chi connectivity index (χ3n) is 4.12. The van der Waals surface area contributed by atoms with Gasteiger partial charge in [0.2, 0.25) is 5.95 Å². The van der Waals surface area contributed by atoms with Crippen LogP contribution in [0.4, 0.5) is 5.95 Å². The van der Waals surface area contributed by atoms with Crippen molar-refractivity contribution in [2.24, 2.45) is 0 Å². The molecule has 1 fully saturated rings. The summed E-state index contributed by atoms with van der Waals surface area (Å²) in [5.41, 5.74) is 2.80. The van der Waals surface area contributed by atoms with Crippen molar-refractivity contribution in [1.82, 2.24) is 15.3 Å². The number of halogens is 1. The first-order valence-electron chi connectivity index (χ1n) is 7.80. The lowest BCUT2D eigenvalue weighted by Crippen LogP contribution is -2.44. The van der Waals surface area contributed by atoms with E-state index in [-0.39, 0.29) is 0 Å². The fourth-order valence-electron chi connectivity index (χ4n) is 2.93. The molecule has 3 aromatic rings. The van der Waals surface area contributed by atoms with E-state index >= 15 is 0 Å². The van der Waals surface area contributed by atoms with E-state index in [1.165, 1.54) is 0 Å². The Kier molecular flexibility index (Phi) is 3.85. The number of hydrogen-bond acceptors (Lipinski definition) is 4. The molecule has 0 radical (unpaired) electrons. The molecule has 0 saturated carbocycles. The highest BCUT2D eigenvalue weighted by Gasteiger charge is 2.17. The number of aromatic nitrogens is 2. The quantitative estimate of drug-likeness (QED) is 0.785. The van der Waals surface area contributed by atoms with Crippen LogP contribution in [0.1, 0.15) is 0 Å². The first-order valence-corrected chi connectivity index (χ1v) is 8.18. The van der Waals surface area contributed by atoms with Crippen molar-refractivity contribution in [3.8, 4) is 11.3 Å². The predicted octanol–water partition coefficient (Wildman–Crippen LogP) is 3.36. The lowest BCUT2D eigenvalue weighted by atomic mass is 10.1. The van der Waals surface area contributed by atoms with E-state index in [0.29, 0.717) is 5.02 Å². The van der Waals surface area contributed by atoms with Crippen LogP contribution in [0.25, 0.3) is 22.2 Å². The van der Waals surface area contributed by atoms with Gasteiger partial charge in [-0.1, -0.05) is 48.0 Å². The molecule has 1 saturated heterocycles. The van der Waals surface area contributed by atoms with Crippen LogP contribution < -0.4 is 10.2 Å². The zero-order valence-corrected chi connectivity index (χ0v) is 13.4. The molecule has 0 spiro atoms. The van der Waals surface area contributed by atoms with E-state index in [2.05, 4.69) is 16.3 Å². The minimum atomic E-state index is 0.711. The number of anilines is 1. The maximum absolute atomic E-state index is 6.41. The maximum atomic E-state index is 6.41. The molecule has 1 aromatic heterocycles. The summed E-state index contributed by atoms with van der Waals surface area (Å²) in [7, 11) is 0. The van der Waals surface area contributed by atoms with Gasteiger partial charge < -0.3 is 10.2 Å². The number of nitrogens with zero attached hydrogens (tertiary/aromatic N) is 3. The van der Waals surface area contributed by atoms with Crippen molar-refractivity contribution in [1.29, 1.82) is 0 Å². The fraction of sp³-hybridized carbons (Fsp3) is 0.222. The maximum Gasteiger partial charge on any atom is 0.226 e. The summed E-state index contributed by atoms with van der Waals surface area (Å²) in [6, 6.07) is 15.9. The van der Waals surface area contributed by atoms with Crippen molar-refractivity contribution in [3.63, 3.8) is 0 Å². The van der Waals surface area contributed by atoms with Crippen LogP contribution in [-0.4, -0.2) is 36.1 Å². The highest BCUT2D eigenvalue weighted by molar-refractivity contribution is 6.33. The molecule has 0 unspecified atom stereocenters. The molecule has 23 heavy (non-hydrogen) atoms. The van der Waals surface area contributed by atoms with Gasteiger partial charge in [-0.2, -0.15) is 0 Å². The topological polar surface area (TPSA) is 41.1 Å². The normalized spacial score (nSPS) is 15.1. The second-order valence-electron chi connectivity index (χ2n) is 5.61. The van der Waals surface area contributed by atoms with E-state index in [1.807, 2.05) is 42.5 Å². The van der Waals surface area contributed by atoms with E-state index < -0.39 is 0 Å². The number of nitrogens with one attached hydrogen (secondary N) is 1. The summed E-state index contributed by atoms with van der Waals surface area (Å²) in [4.78, 5) is 11.8. The van der Waals surface area contributed by atoms with Gasteiger partial charge in [0, 0.05) is 42.2 Å². The number of para-hydroxylation sites is 1. The lowest BCUT2D eigenvalue weighted by Gasteiger charge is -2.28. The average Bonchev–Trinajstić information content (AvgIpc) is 2.62. The monoisotopic (exact) mass is 324 g/mol. The summed E-state index contributed by atoms with van der Waals surface area (Å²) in [6.07, 6.45) is 0. The smallest absolute Gasteiger partial charge is 0.226 e. The molecule has 4 rings (SSSR count). The van der Waals surface area contributed by atoms with Crippen LogP contribution in [0.2, 0.25) is 5.02 Å². The first-order chi connectivity index (χ1) is 11.3. The third kappa shape index (κ3) is 2.76. The van der Waals surface area contributed by atoms with Crippen LogP contribution >= 0.6 is 11.6 Å². The second kappa shape index (κ2) is 6.14. The Morgan fingerprint density at radius 3 is 2.48 bits per heavy atom. The minimum absolute atomic E-state index is 0.711. The van der Waals surface area contributed by atoms with Crippen LogP contribution in [-0.2, 0) is 0 Å². The van der Waals surface area contributed by atoms with Crippen molar-refractivity contribution >= 4 is 28.5 Å². The number of rotatable bonds is 2. The second-order valence-corrected chi connectivity index (χ2v) is 6.01. The van der Waals surface area contributed by atoms with E-state index in [4.69, 9.17) is 21.6 Å². The molecule has 5 heteroatoms. The molecule has 0 atom stereocenters. The molecule has 1 aliphatic heterocycles. The van der Waals surface area contributed by atoms with Gasteiger partial charge in [0.15, 0.2) is 0 Å². The molecule has 0 amide bonds. The van der Waals surface area contributed by atoms with E-state index in [9.17, 15) is 0 Å². The van der Waals surface area contributed by atoms with Crippen molar-refractivity contribution < 1.29 is 0 Å². The van der Waals surface area contributed by atoms with Crippen LogP contribution in [0, 0.1) is 0 Å². The first kappa shape index (κ1) is 14.4. The molecule has 0 bridgehead atoms. The summed E-state index contributed by atoms with van der Waals surface area (Å²) in [5.74, 6) is 0.778. The van der Waals surface area contributed by atoms with Crippen molar-refractivity contribution in [2.75, 3.05) is 31.1 Å². The highest BCUT2D eigenvalue weighted by Crippen LogP contribution is 2.32. The van der Waals surface area contributed by atoms with Gasteiger partial charge in [-0.15, -0.1) is 0 Å². The molecule has 116 valence electrons. The van der Waals surface area contributed by atoms with Gasteiger partial charge in [-0.25, -0.2) is 9.97 Å². The molecular formula is C18H17ClN4. The van der Waals surface area contributed by atoms with Gasteiger partial charge >= 0.3 is 0 Å². The summed E-state index contributed by atoms with van der Waals surface area (Å²) < 4.78 is 0. The molecule has 1 aliphatic rings. The van der Waals surface area contributed by atoms with E-state index in [1.54, 1.807) is 0 Å². The Hall–Kier alpha value is -2.17. The van der Waals surface area contributed by atoms with Gasteiger partial charge in [0.05, 0.1) is 11.2 Å². The van der Waals surface area contributed by atoms with Gasteiger partial charge in [-0.05, 0) is 12.1 Å². The van der Waals surface area contributed by atoms with E-state index in [0.717, 1.165) is 54.3 Å². The Balaban J connectivity index is 1.92. The van der Waals surface area contributed by atoms with Crippen LogP contribution in [0.3, 0.4) is 0 Å². The molecular weight excluding hydrogens is 308 g/mol. The zero-order valence-electron chi connectivity index (χ0n) is 12.7. The third-order valence-corrected chi connectivity index (χ3v) is 4.45. The zero-order chi connectivity index (χ0) is 15.6. The number of piperazine rings is 1. The van der Waals surface area contributed by atoms with Crippen LogP contribution in [0.15, 0.2) is 48.5 Å². The Morgan fingerprint density at radius 2 is 1.65 bits per heavy atom. The summed E-state index contributed by atoms with van der Waals surface area (Å²) in [5, 5.41) is 5.10. The van der Waals surface area contributed by atoms with Gasteiger partial charge in [0.25, 0.3) is 0 Å². The Morgan fingerprint density at radius 1 is 0.913 bits per heavy atom. The van der Waals surface area contributed by atoms with Crippen molar-refractivity contribution in [2.45, 2.75) is 0 Å². The van der Waals surface area contributed by atoms with Gasteiger partial charge in [0.1, 0.15) is 0 Å². The van der Waals surface area contributed by atoms with Gasteiger partial charge in [-0.3, -0.25) is 0 Å². The molecule has 0 aliphatic carbocycles. The largest absolute Gasteiger partial charge is 0.338 e. The summed E-state index contributed by atoms with van der Waals surface area (Å²) >= 11 is 6.41. The predicted molar refractivity (Wildman–Crippen MR) is 95.1 cm³/mol. The Labute approximate surface area is 140 Å².